The summed E-state index contributed by atoms with van der Waals surface area (Å²) in [7, 11) is 0. The zero-order chi connectivity index (χ0) is 17.8. The Balaban J connectivity index is 1.66. The molecule has 1 amide bonds. The van der Waals surface area contributed by atoms with E-state index in [2.05, 4.69) is 26.2 Å². The second kappa shape index (κ2) is 7.74. The minimum atomic E-state index is -0.130. The van der Waals surface area contributed by atoms with Gasteiger partial charge in [0.2, 0.25) is 0 Å². The van der Waals surface area contributed by atoms with Gasteiger partial charge in [-0.15, -0.1) is 0 Å². The van der Waals surface area contributed by atoms with Crippen molar-refractivity contribution in [3.05, 3.63) is 53.3 Å². The number of hydrogen-bond donors (Lipinski definition) is 1. The van der Waals surface area contributed by atoms with Gasteiger partial charge < -0.3 is 15.1 Å². The standard InChI is InChI=1S/C19H23ClN4O/c1-14(2)22-19(25)18-13-17(6-7-21-18)24-10-8-23(9-11-24)16-5-3-4-15(20)12-16/h3-7,12-14H,8-11H2,1-2H3,(H,22,25). The van der Waals surface area contributed by atoms with Crippen LogP contribution < -0.4 is 15.1 Å². The molecule has 1 aromatic carbocycles. The number of anilines is 2. The van der Waals surface area contributed by atoms with Crippen molar-refractivity contribution in [1.82, 2.24) is 10.3 Å². The highest BCUT2D eigenvalue weighted by molar-refractivity contribution is 6.30. The van der Waals surface area contributed by atoms with Gasteiger partial charge in [-0.25, -0.2) is 0 Å². The molecule has 0 saturated carbocycles. The summed E-state index contributed by atoms with van der Waals surface area (Å²) in [5.74, 6) is -0.130. The molecule has 1 aliphatic rings. The maximum absolute atomic E-state index is 12.1. The summed E-state index contributed by atoms with van der Waals surface area (Å²) in [5.41, 5.74) is 2.65. The second-order valence-electron chi connectivity index (χ2n) is 6.48. The van der Waals surface area contributed by atoms with Gasteiger partial charge >= 0.3 is 0 Å². The van der Waals surface area contributed by atoms with Crippen molar-refractivity contribution in [2.24, 2.45) is 0 Å². The predicted molar refractivity (Wildman–Crippen MR) is 103 cm³/mol. The molecule has 0 spiro atoms. The first-order valence-corrected chi connectivity index (χ1v) is 8.93. The molecule has 1 saturated heterocycles. The van der Waals surface area contributed by atoms with E-state index < -0.39 is 0 Å². The smallest absolute Gasteiger partial charge is 0.270 e. The number of halogens is 1. The first-order valence-electron chi connectivity index (χ1n) is 8.55. The topological polar surface area (TPSA) is 48.5 Å². The lowest BCUT2D eigenvalue weighted by atomic mass is 10.2. The van der Waals surface area contributed by atoms with Crippen LogP contribution in [0.4, 0.5) is 11.4 Å². The zero-order valence-electron chi connectivity index (χ0n) is 14.6. The molecule has 132 valence electrons. The van der Waals surface area contributed by atoms with Gasteiger partial charge in [0.15, 0.2) is 0 Å². The van der Waals surface area contributed by atoms with E-state index in [-0.39, 0.29) is 11.9 Å². The van der Waals surface area contributed by atoms with Crippen molar-refractivity contribution in [2.75, 3.05) is 36.0 Å². The number of carbonyl (C=O) groups excluding carboxylic acids is 1. The number of rotatable bonds is 4. The zero-order valence-corrected chi connectivity index (χ0v) is 15.3. The van der Waals surface area contributed by atoms with Gasteiger partial charge in [-0.1, -0.05) is 17.7 Å². The maximum atomic E-state index is 12.1. The third-order valence-electron chi connectivity index (χ3n) is 4.21. The first-order chi connectivity index (χ1) is 12.0. The van der Waals surface area contributed by atoms with Gasteiger partial charge in [0.25, 0.3) is 5.91 Å². The van der Waals surface area contributed by atoms with Crippen molar-refractivity contribution in [3.8, 4) is 0 Å². The molecule has 0 unspecified atom stereocenters. The number of nitrogens with zero attached hydrogens (tertiary/aromatic N) is 3. The molecule has 0 atom stereocenters. The highest BCUT2D eigenvalue weighted by Gasteiger charge is 2.19. The molecule has 2 aromatic rings. The van der Waals surface area contributed by atoms with E-state index in [1.165, 1.54) is 0 Å². The van der Waals surface area contributed by atoms with Crippen LogP contribution in [-0.2, 0) is 0 Å². The Labute approximate surface area is 153 Å². The number of nitrogens with one attached hydrogen (secondary N) is 1. The number of pyridine rings is 1. The summed E-state index contributed by atoms with van der Waals surface area (Å²) < 4.78 is 0. The SMILES string of the molecule is CC(C)NC(=O)c1cc(N2CCN(c3cccc(Cl)c3)CC2)ccn1. The van der Waals surface area contributed by atoms with Crippen LogP contribution in [0.25, 0.3) is 0 Å². The van der Waals surface area contributed by atoms with Crippen LogP contribution in [0.15, 0.2) is 42.6 Å². The molecule has 0 aliphatic carbocycles. The third kappa shape index (κ3) is 4.42. The number of piperazine rings is 1. The number of aromatic nitrogens is 1. The van der Waals surface area contributed by atoms with Crippen molar-refractivity contribution in [3.63, 3.8) is 0 Å². The number of benzene rings is 1. The molecule has 1 aliphatic heterocycles. The molecule has 1 N–H and O–H groups in total. The van der Waals surface area contributed by atoms with Gasteiger partial charge in [0, 0.05) is 54.8 Å². The number of carbonyl (C=O) groups is 1. The highest BCUT2D eigenvalue weighted by atomic mass is 35.5. The van der Waals surface area contributed by atoms with Gasteiger partial charge in [0.05, 0.1) is 0 Å². The van der Waals surface area contributed by atoms with Crippen LogP contribution in [0.1, 0.15) is 24.3 Å². The third-order valence-corrected chi connectivity index (χ3v) is 4.45. The molecular weight excluding hydrogens is 336 g/mol. The second-order valence-corrected chi connectivity index (χ2v) is 6.92. The molecule has 1 fully saturated rings. The fourth-order valence-electron chi connectivity index (χ4n) is 2.97. The molecule has 0 bridgehead atoms. The lowest BCUT2D eigenvalue weighted by molar-refractivity contribution is 0.0938. The summed E-state index contributed by atoms with van der Waals surface area (Å²) >= 11 is 6.09. The molecule has 3 rings (SSSR count). The Morgan fingerprint density at radius 3 is 2.32 bits per heavy atom. The summed E-state index contributed by atoms with van der Waals surface area (Å²) in [6.07, 6.45) is 1.70. The average molecular weight is 359 g/mol. The monoisotopic (exact) mass is 358 g/mol. The first kappa shape index (κ1) is 17.5. The van der Waals surface area contributed by atoms with E-state index in [1.807, 2.05) is 44.2 Å². The number of hydrogen-bond acceptors (Lipinski definition) is 4. The minimum Gasteiger partial charge on any atom is -0.368 e. The van der Waals surface area contributed by atoms with Crippen LogP contribution in [-0.4, -0.2) is 43.1 Å². The average Bonchev–Trinajstić information content (AvgIpc) is 2.61. The summed E-state index contributed by atoms with van der Waals surface area (Å²) in [5, 5.41) is 3.64. The van der Waals surface area contributed by atoms with Crippen LogP contribution >= 0.6 is 11.6 Å². The molecule has 5 nitrogen and oxygen atoms in total. The fourth-order valence-corrected chi connectivity index (χ4v) is 3.16. The summed E-state index contributed by atoms with van der Waals surface area (Å²) in [4.78, 5) is 21.0. The van der Waals surface area contributed by atoms with E-state index in [0.717, 1.165) is 42.6 Å². The molecule has 2 heterocycles. The van der Waals surface area contributed by atoms with E-state index >= 15 is 0 Å². The predicted octanol–water partition coefficient (Wildman–Crippen LogP) is 3.20. The maximum Gasteiger partial charge on any atom is 0.270 e. The van der Waals surface area contributed by atoms with E-state index in [9.17, 15) is 4.79 Å². The van der Waals surface area contributed by atoms with Gasteiger partial charge in [-0.3, -0.25) is 9.78 Å². The Kier molecular flexibility index (Phi) is 5.43. The van der Waals surface area contributed by atoms with Crippen LogP contribution in [0.3, 0.4) is 0 Å². The van der Waals surface area contributed by atoms with E-state index in [1.54, 1.807) is 6.20 Å². The quantitative estimate of drug-likeness (QED) is 0.911. The normalized spacial score (nSPS) is 14.7. The van der Waals surface area contributed by atoms with Crippen molar-refractivity contribution in [2.45, 2.75) is 19.9 Å². The van der Waals surface area contributed by atoms with Crippen molar-refractivity contribution < 1.29 is 4.79 Å². The van der Waals surface area contributed by atoms with E-state index in [0.29, 0.717) is 5.69 Å². The Morgan fingerprint density at radius 2 is 1.72 bits per heavy atom. The Morgan fingerprint density at radius 1 is 1.08 bits per heavy atom. The van der Waals surface area contributed by atoms with Gasteiger partial charge in [0.1, 0.15) is 5.69 Å². The van der Waals surface area contributed by atoms with Crippen molar-refractivity contribution >= 4 is 28.9 Å². The van der Waals surface area contributed by atoms with Crippen LogP contribution in [0, 0.1) is 0 Å². The lowest BCUT2D eigenvalue weighted by Crippen LogP contribution is -2.46. The molecular formula is C19H23ClN4O. The van der Waals surface area contributed by atoms with E-state index in [4.69, 9.17) is 11.6 Å². The molecule has 0 radical (unpaired) electrons. The fraction of sp³-hybridized carbons (Fsp3) is 0.368. The summed E-state index contributed by atoms with van der Waals surface area (Å²) in [6, 6.07) is 11.9. The largest absolute Gasteiger partial charge is 0.368 e. The number of amides is 1. The van der Waals surface area contributed by atoms with Gasteiger partial charge in [-0.2, -0.15) is 0 Å². The van der Waals surface area contributed by atoms with Gasteiger partial charge in [-0.05, 0) is 44.2 Å². The minimum absolute atomic E-state index is 0.0965. The van der Waals surface area contributed by atoms with Crippen LogP contribution in [0.5, 0.6) is 0 Å². The lowest BCUT2D eigenvalue weighted by Gasteiger charge is -2.37. The Hall–Kier alpha value is -2.27. The Bertz CT molecular complexity index is 742. The molecule has 1 aromatic heterocycles. The molecule has 6 heteroatoms. The van der Waals surface area contributed by atoms with Crippen LogP contribution in [0.2, 0.25) is 5.02 Å². The highest BCUT2D eigenvalue weighted by Crippen LogP contribution is 2.23. The molecule has 25 heavy (non-hydrogen) atoms. The summed E-state index contributed by atoms with van der Waals surface area (Å²) in [6.45, 7) is 7.49. The van der Waals surface area contributed by atoms with Crippen molar-refractivity contribution in [1.29, 1.82) is 0 Å².